The average molecular weight is 857 g/mol. The van der Waals surface area contributed by atoms with E-state index in [4.69, 9.17) is 9.47 Å². The topological polar surface area (TPSA) is 44.2 Å². The Morgan fingerprint density at radius 3 is 0.859 bits per heavy atom. The first kappa shape index (κ1) is 49.5. The monoisotopic (exact) mass is 857 g/mol. The van der Waals surface area contributed by atoms with Crippen LogP contribution in [0.1, 0.15) is 187 Å². The Kier molecular flexibility index (Phi) is 24.3. The fourth-order valence-electron chi connectivity index (χ4n) is 7.79. The molecule has 0 bridgehead atoms. The van der Waals surface area contributed by atoms with Crippen LogP contribution in [0.3, 0.4) is 0 Å². The van der Waals surface area contributed by atoms with Crippen molar-refractivity contribution in [2.24, 2.45) is 0 Å². The number of ether oxygens (including phenoxy) is 2. The molecule has 4 nitrogen and oxygen atoms in total. The summed E-state index contributed by atoms with van der Waals surface area (Å²) in [6.07, 6.45) is 50.6. The zero-order valence-electron chi connectivity index (χ0n) is 39.3. The number of rotatable bonds is 32. The molecule has 0 saturated heterocycles. The van der Waals surface area contributed by atoms with Crippen molar-refractivity contribution in [3.8, 4) is 11.5 Å². The number of pyridine rings is 2. The fourth-order valence-corrected chi connectivity index (χ4v) is 7.79. The molecule has 0 atom stereocenters. The lowest BCUT2D eigenvalue weighted by molar-refractivity contribution is 0.295. The lowest BCUT2D eigenvalue weighted by Crippen LogP contribution is -2.03. The van der Waals surface area contributed by atoms with Crippen molar-refractivity contribution >= 4 is 48.6 Å². The van der Waals surface area contributed by atoms with E-state index in [-0.39, 0.29) is 0 Å². The molecule has 0 aliphatic rings. The molecule has 0 radical (unpaired) electrons. The average Bonchev–Trinajstić information content (AvgIpc) is 3.34. The molecule has 0 aliphatic heterocycles. The summed E-state index contributed by atoms with van der Waals surface area (Å²) < 4.78 is 13.3. The second kappa shape index (κ2) is 31.4. The minimum absolute atomic E-state index is 0.701. The molecule has 0 amide bonds. The lowest BCUT2D eigenvalue weighted by atomic mass is 10.0. The molecule has 338 valence electrons. The van der Waals surface area contributed by atoms with Gasteiger partial charge in [-0.25, -0.2) is 0 Å². The summed E-state index contributed by atoms with van der Waals surface area (Å²) in [5, 5.41) is 0. The summed E-state index contributed by atoms with van der Waals surface area (Å²) in [5.74, 6) is 1.79. The predicted octanol–water partition coefficient (Wildman–Crippen LogP) is 17.8. The third kappa shape index (κ3) is 20.4. The van der Waals surface area contributed by atoms with Crippen LogP contribution in [-0.2, 0) is 0 Å². The Balaban J connectivity index is 1.30. The van der Waals surface area contributed by atoms with Crippen molar-refractivity contribution in [2.45, 2.75) is 142 Å². The van der Waals surface area contributed by atoms with Crippen LogP contribution in [0.4, 0.5) is 0 Å². The molecule has 5 rings (SSSR count). The first-order chi connectivity index (χ1) is 31.7. The fraction of sp³-hybridized carbons (Fsp3) is 0.400. The van der Waals surface area contributed by atoms with Crippen LogP contribution < -0.4 is 9.47 Å². The molecule has 2 heterocycles. The van der Waals surface area contributed by atoms with Crippen molar-refractivity contribution in [2.75, 3.05) is 13.2 Å². The van der Waals surface area contributed by atoms with Crippen LogP contribution >= 0.6 is 0 Å². The molecule has 0 fully saturated rings. The van der Waals surface area contributed by atoms with E-state index in [2.05, 4.69) is 133 Å². The van der Waals surface area contributed by atoms with E-state index in [1.54, 1.807) is 0 Å². The number of unbranched alkanes of at least 4 members (excludes halogenated alkanes) is 18. The molecular weight excluding hydrogens is 781 g/mol. The van der Waals surface area contributed by atoms with Crippen molar-refractivity contribution in [3.63, 3.8) is 0 Å². The van der Waals surface area contributed by atoms with Gasteiger partial charge in [-0.2, -0.15) is 0 Å². The first-order valence-electron chi connectivity index (χ1n) is 24.9. The summed E-state index contributed by atoms with van der Waals surface area (Å²) >= 11 is 0. The van der Waals surface area contributed by atoms with Crippen LogP contribution in [-0.4, -0.2) is 23.2 Å². The number of aromatic nitrogens is 2. The van der Waals surface area contributed by atoms with E-state index < -0.39 is 0 Å². The van der Waals surface area contributed by atoms with Crippen LogP contribution in [0.5, 0.6) is 11.5 Å². The van der Waals surface area contributed by atoms with Gasteiger partial charge in [0.25, 0.3) is 0 Å². The zero-order chi connectivity index (χ0) is 44.5. The third-order valence-corrected chi connectivity index (χ3v) is 11.8. The van der Waals surface area contributed by atoms with Gasteiger partial charge in [-0.15, -0.1) is 0 Å². The van der Waals surface area contributed by atoms with E-state index in [0.717, 1.165) is 68.8 Å². The van der Waals surface area contributed by atoms with Gasteiger partial charge >= 0.3 is 0 Å². The molecule has 4 heteroatoms. The summed E-state index contributed by atoms with van der Waals surface area (Å²) in [7, 11) is 0. The first-order valence-corrected chi connectivity index (χ1v) is 24.9. The highest BCUT2D eigenvalue weighted by molar-refractivity contribution is 5.80. The lowest BCUT2D eigenvalue weighted by Gasteiger charge is -2.16. The Labute approximate surface area is 387 Å². The molecule has 2 aromatic heterocycles. The van der Waals surface area contributed by atoms with Gasteiger partial charge in [0.2, 0.25) is 0 Å². The van der Waals surface area contributed by atoms with Gasteiger partial charge in [0.15, 0.2) is 0 Å². The molecule has 0 saturated carbocycles. The zero-order valence-corrected chi connectivity index (χ0v) is 39.3. The van der Waals surface area contributed by atoms with Crippen LogP contribution in [0.2, 0.25) is 0 Å². The van der Waals surface area contributed by atoms with Gasteiger partial charge < -0.3 is 9.47 Å². The van der Waals surface area contributed by atoms with Gasteiger partial charge in [-0.1, -0.05) is 227 Å². The van der Waals surface area contributed by atoms with E-state index in [0.29, 0.717) is 13.2 Å². The van der Waals surface area contributed by atoms with Gasteiger partial charge in [-0.3, -0.25) is 9.97 Å². The SMILES string of the molecule is CCCCCCCCCCCCOc1cc(/C=C/c2ccc(/C=C/c3ccncc3)cc2)c(OCCCCCCCCCCCC)cc1/C=C/c1ccc(/C=C/c2ccncc2)cc1. The number of nitrogens with zero attached hydrogens (tertiary/aromatic N) is 2. The van der Waals surface area contributed by atoms with Gasteiger partial charge in [0.05, 0.1) is 13.2 Å². The molecule has 0 aliphatic carbocycles. The summed E-state index contributed by atoms with van der Waals surface area (Å²) in [6.45, 7) is 5.97. The van der Waals surface area contributed by atoms with Gasteiger partial charge in [-0.05, 0) is 82.6 Å². The van der Waals surface area contributed by atoms with E-state index >= 15 is 0 Å². The maximum absolute atomic E-state index is 6.66. The quantitative estimate of drug-likeness (QED) is 0.0319. The molecule has 64 heavy (non-hydrogen) atoms. The number of benzene rings is 3. The summed E-state index contributed by atoms with van der Waals surface area (Å²) in [4.78, 5) is 8.26. The Bertz CT molecular complexity index is 1930. The summed E-state index contributed by atoms with van der Waals surface area (Å²) in [5.41, 5.74) is 8.93. The second-order valence-corrected chi connectivity index (χ2v) is 17.2. The van der Waals surface area contributed by atoms with Crippen LogP contribution in [0.25, 0.3) is 48.6 Å². The summed E-state index contributed by atoms with van der Waals surface area (Å²) in [6, 6.07) is 29.8. The van der Waals surface area contributed by atoms with Crippen molar-refractivity contribution in [1.29, 1.82) is 0 Å². The Morgan fingerprint density at radius 2 is 0.562 bits per heavy atom. The normalized spacial score (nSPS) is 11.8. The standard InChI is InChI=1S/C60H76N2O2/c1-3-5-7-9-11-13-15-17-19-21-47-63-59-49-58(38-36-54-29-25-52(26-30-54)32-34-56-41-45-62-46-42-56)60(64-48-22-20-18-16-14-12-10-8-6-4-2)50-57(59)37-35-53-27-23-51(24-28-53)31-33-55-39-43-61-44-40-55/h23-46,49-50H,3-22,47-48H2,1-2H3/b33-31+,34-32+,37-35+,38-36+. The van der Waals surface area contributed by atoms with Crippen molar-refractivity contribution < 1.29 is 9.47 Å². The van der Waals surface area contributed by atoms with E-state index in [1.165, 1.54) is 116 Å². The molecule has 0 N–H and O–H groups in total. The highest BCUT2D eigenvalue weighted by atomic mass is 16.5. The maximum atomic E-state index is 6.66. The molecule has 0 unspecified atom stereocenters. The largest absolute Gasteiger partial charge is 0.493 e. The highest BCUT2D eigenvalue weighted by Crippen LogP contribution is 2.33. The van der Waals surface area contributed by atoms with Crippen LogP contribution in [0.15, 0.2) is 110 Å². The van der Waals surface area contributed by atoms with Gasteiger partial charge in [0, 0.05) is 35.9 Å². The Morgan fingerprint density at radius 1 is 0.312 bits per heavy atom. The maximum Gasteiger partial charge on any atom is 0.127 e. The van der Waals surface area contributed by atoms with E-state index in [1.807, 2.05) is 49.1 Å². The third-order valence-electron chi connectivity index (χ3n) is 11.8. The highest BCUT2D eigenvalue weighted by Gasteiger charge is 2.11. The molecule has 0 spiro atoms. The number of hydrogen-bond donors (Lipinski definition) is 0. The molecular formula is C60H76N2O2. The second-order valence-electron chi connectivity index (χ2n) is 17.2. The van der Waals surface area contributed by atoms with E-state index in [9.17, 15) is 0 Å². The molecule has 3 aromatic carbocycles. The number of hydrogen-bond acceptors (Lipinski definition) is 4. The smallest absolute Gasteiger partial charge is 0.127 e. The van der Waals surface area contributed by atoms with Crippen molar-refractivity contribution in [3.05, 3.63) is 154 Å². The predicted molar refractivity (Wildman–Crippen MR) is 278 cm³/mol. The molecule has 5 aromatic rings. The minimum Gasteiger partial charge on any atom is -0.493 e. The van der Waals surface area contributed by atoms with Gasteiger partial charge in [0.1, 0.15) is 11.5 Å². The van der Waals surface area contributed by atoms with Crippen LogP contribution in [0, 0.1) is 0 Å². The Hall–Kier alpha value is -5.48. The minimum atomic E-state index is 0.701. The van der Waals surface area contributed by atoms with Crippen molar-refractivity contribution in [1.82, 2.24) is 9.97 Å².